The molecule has 152 valence electrons. The first-order valence-electron chi connectivity index (χ1n) is 10.3. The molecular formula is C19H27N5O3S. The van der Waals surface area contributed by atoms with Gasteiger partial charge in [0.15, 0.2) is 5.52 Å². The molecule has 3 heterocycles. The Balaban J connectivity index is 1.52. The fourth-order valence-electron chi connectivity index (χ4n) is 4.40. The number of aromatic amines is 1. The number of rotatable bonds is 4. The molecule has 9 heteroatoms. The average Bonchev–Trinajstić information content (AvgIpc) is 3.15. The third-order valence-corrected chi connectivity index (χ3v) is 6.79. The predicted octanol–water partition coefficient (Wildman–Crippen LogP) is 1.65. The van der Waals surface area contributed by atoms with Crippen molar-refractivity contribution < 1.29 is 4.79 Å². The lowest BCUT2D eigenvalue weighted by molar-refractivity contribution is 0.0528. The third-order valence-electron chi connectivity index (χ3n) is 5.95. The lowest BCUT2D eigenvalue weighted by Gasteiger charge is -2.40. The van der Waals surface area contributed by atoms with E-state index < -0.39 is 11.2 Å². The monoisotopic (exact) mass is 405 g/mol. The molecule has 0 unspecified atom stereocenters. The zero-order chi connectivity index (χ0) is 19.7. The second kappa shape index (κ2) is 8.16. The van der Waals surface area contributed by atoms with E-state index in [0.717, 1.165) is 29.2 Å². The maximum absolute atomic E-state index is 13.0. The van der Waals surface area contributed by atoms with Crippen LogP contribution >= 0.6 is 11.5 Å². The fourth-order valence-corrected chi connectivity index (χ4v) is 5.20. The number of fused-ring (bicyclic) bond motifs is 1. The van der Waals surface area contributed by atoms with Crippen LogP contribution in [0.15, 0.2) is 9.59 Å². The molecule has 2 aliphatic rings. The summed E-state index contributed by atoms with van der Waals surface area (Å²) < 4.78 is 5.34. The molecule has 4 rings (SSSR count). The summed E-state index contributed by atoms with van der Waals surface area (Å²) in [5, 5.41) is 0. The van der Waals surface area contributed by atoms with Crippen LogP contribution in [-0.2, 0) is 6.54 Å². The van der Waals surface area contributed by atoms with Crippen LogP contribution in [0.5, 0.6) is 0 Å². The first-order valence-corrected chi connectivity index (χ1v) is 11.0. The van der Waals surface area contributed by atoms with Crippen LogP contribution in [0.1, 0.15) is 55.1 Å². The summed E-state index contributed by atoms with van der Waals surface area (Å²) in [6.07, 6.45) is 7.15. The van der Waals surface area contributed by atoms with E-state index in [-0.39, 0.29) is 16.9 Å². The molecule has 1 saturated heterocycles. The number of amides is 1. The van der Waals surface area contributed by atoms with Gasteiger partial charge in [-0.3, -0.25) is 19.1 Å². The molecule has 0 bridgehead atoms. The minimum absolute atomic E-state index is 0.140. The van der Waals surface area contributed by atoms with E-state index in [1.54, 1.807) is 0 Å². The van der Waals surface area contributed by atoms with Crippen molar-refractivity contribution in [3.05, 3.63) is 25.7 Å². The molecule has 0 aromatic carbocycles. The van der Waals surface area contributed by atoms with Crippen molar-refractivity contribution in [2.75, 3.05) is 26.2 Å². The SMILES string of the molecule is CCCn1c(=O)[nH]c2c(C(=O)N3CCN(C4CCCCC4)CC3)snc2c1=O. The molecule has 1 saturated carbocycles. The van der Waals surface area contributed by atoms with Gasteiger partial charge in [0.05, 0.1) is 5.52 Å². The number of nitrogens with zero attached hydrogens (tertiary/aromatic N) is 4. The Morgan fingerprint density at radius 1 is 1.14 bits per heavy atom. The number of aromatic nitrogens is 3. The predicted molar refractivity (Wildman–Crippen MR) is 109 cm³/mol. The van der Waals surface area contributed by atoms with Gasteiger partial charge in [-0.1, -0.05) is 26.2 Å². The highest BCUT2D eigenvalue weighted by atomic mass is 32.1. The van der Waals surface area contributed by atoms with Gasteiger partial charge in [-0.25, -0.2) is 4.79 Å². The summed E-state index contributed by atoms with van der Waals surface area (Å²) >= 11 is 1.00. The Morgan fingerprint density at radius 3 is 2.54 bits per heavy atom. The fraction of sp³-hybridized carbons (Fsp3) is 0.684. The molecule has 2 aromatic rings. The van der Waals surface area contributed by atoms with Gasteiger partial charge in [0.1, 0.15) is 4.88 Å². The second-order valence-corrected chi connectivity index (χ2v) is 8.52. The number of nitrogens with one attached hydrogen (secondary N) is 1. The minimum Gasteiger partial charge on any atom is -0.335 e. The average molecular weight is 406 g/mol. The van der Waals surface area contributed by atoms with Gasteiger partial charge in [-0.2, -0.15) is 4.37 Å². The molecule has 0 atom stereocenters. The maximum Gasteiger partial charge on any atom is 0.328 e. The molecule has 1 aliphatic carbocycles. The first kappa shape index (κ1) is 19.3. The Bertz CT molecular complexity index is 964. The van der Waals surface area contributed by atoms with Crippen LogP contribution in [0.25, 0.3) is 11.0 Å². The van der Waals surface area contributed by atoms with Gasteiger partial charge < -0.3 is 9.88 Å². The summed E-state index contributed by atoms with van der Waals surface area (Å²) in [7, 11) is 0. The number of piperazine rings is 1. The summed E-state index contributed by atoms with van der Waals surface area (Å²) in [5.74, 6) is -0.140. The summed E-state index contributed by atoms with van der Waals surface area (Å²) in [6.45, 7) is 5.35. The van der Waals surface area contributed by atoms with Gasteiger partial charge in [0.2, 0.25) is 0 Å². The van der Waals surface area contributed by atoms with Crippen molar-refractivity contribution in [2.45, 2.75) is 58.0 Å². The Labute approximate surface area is 167 Å². The van der Waals surface area contributed by atoms with Crippen LogP contribution in [0, 0.1) is 0 Å². The Hall–Kier alpha value is -2.00. The van der Waals surface area contributed by atoms with Gasteiger partial charge in [-0.15, -0.1) is 0 Å². The normalized spacial score (nSPS) is 19.4. The van der Waals surface area contributed by atoms with Gasteiger partial charge in [0, 0.05) is 38.8 Å². The summed E-state index contributed by atoms with van der Waals surface area (Å²) in [4.78, 5) is 45.2. The molecule has 0 radical (unpaired) electrons. The molecular weight excluding hydrogens is 378 g/mol. The van der Waals surface area contributed by atoms with Crippen LogP contribution < -0.4 is 11.2 Å². The van der Waals surface area contributed by atoms with Crippen LogP contribution in [0.3, 0.4) is 0 Å². The Morgan fingerprint density at radius 2 is 1.86 bits per heavy atom. The molecule has 1 aliphatic heterocycles. The minimum atomic E-state index is -0.476. The zero-order valence-corrected chi connectivity index (χ0v) is 17.1. The molecule has 28 heavy (non-hydrogen) atoms. The molecule has 2 fully saturated rings. The van der Waals surface area contributed by atoms with Crippen molar-refractivity contribution in [1.82, 2.24) is 23.7 Å². The largest absolute Gasteiger partial charge is 0.335 e. The maximum atomic E-state index is 13.0. The van der Waals surface area contributed by atoms with E-state index >= 15 is 0 Å². The van der Waals surface area contributed by atoms with Crippen LogP contribution in [0.4, 0.5) is 0 Å². The lowest BCUT2D eigenvalue weighted by Crippen LogP contribution is -2.52. The molecule has 1 N–H and O–H groups in total. The highest BCUT2D eigenvalue weighted by Crippen LogP contribution is 2.25. The number of H-pyrrole nitrogens is 1. The first-order chi connectivity index (χ1) is 13.6. The third kappa shape index (κ3) is 3.53. The summed E-state index contributed by atoms with van der Waals surface area (Å²) in [6, 6.07) is 0.656. The highest BCUT2D eigenvalue weighted by molar-refractivity contribution is 7.09. The number of carbonyl (C=O) groups is 1. The second-order valence-electron chi connectivity index (χ2n) is 7.74. The van der Waals surface area contributed by atoms with E-state index in [9.17, 15) is 14.4 Å². The van der Waals surface area contributed by atoms with Crippen molar-refractivity contribution in [2.24, 2.45) is 0 Å². The quantitative estimate of drug-likeness (QED) is 0.835. The van der Waals surface area contributed by atoms with E-state index in [4.69, 9.17) is 0 Å². The van der Waals surface area contributed by atoms with Gasteiger partial charge >= 0.3 is 5.69 Å². The van der Waals surface area contributed by atoms with E-state index in [1.807, 2.05) is 11.8 Å². The van der Waals surface area contributed by atoms with E-state index in [2.05, 4.69) is 14.3 Å². The smallest absolute Gasteiger partial charge is 0.328 e. The lowest BCUT2D eigenvalue weighted by atomic mass is 9.94. The Kier molecular flexibility index (Phi) is 5.63. The topological polar surface area (TPSA) is 91.3 Å². The van der Waals surface area contributed by atoms with Crippen molar-refractivity contribution in [3.63, 3.8) is 0 Å². The molecule has 2 aromatic heterocycles. The number of hydrogen-bond donors (Lipinski definition) is 1. The van der Waals surface area contributed by atoms with Crippen molar-refractivity contribution in [1.29, 1.82) is 0 Å². The standard InChI is InChI=1S/C19H27N5O3S/c1-2-8-24-17(25)15-14(20-19(24)27)16(28-21-15)18(26)23-11-9-22(10-12-23)13-6-4-3-5-7-13/h13H,2-12H2,1H3,(H,20,27). The van der Waals surface area contributed by atoms with Gasteiger partial charge in [0.25, 0.3) is 11.5 Å². The van der Waals surface area contributed by atoms with Crippen molar-refractivity contribution >= 4 is 28.5 Å². The molecule has 1 amide bonds. The summed E-state index contributed by atoms with van der Waals surface area (Å²) in [5.41, 5.74) is -0.428. The van der Waals surface area contributed by atoms with Crippen LogP contribution in [-0.4, -0.2) is 61.9 Å². The van der Waals surface area contributed by atoms with E-state index in [1.165, 1.54) is 32.1 Å². The van der Waals surface area contributed by atoms with Gasteiger partial charge in [-0.05, 0) is 30.8 Å². The highest BCUT2D eigenvalue weighted by Gasteiger charge is 2.29. The van der Waals surface area contributed by atoms with Crippen molar-refractivity contribution in [3.8, 4) is 0 Å². The van der Waals surface area contributed by atoms with Crippen LogP contribution in [0.2, 0.25) is 0 Å². The molecule has 0 spiro atoms. The number of carbonyl (C=O) groups excluding carboxylic acids is 1. The molecule has 8 nitrogen and oxygen atoms in total. The van der Waals surface area contributed by atoms with E-state index in [0.29, 0.717) is 37.0 Å². The zero-order valence-electron chi connectivity index (χ0n) is 16.3. The number of hydrogen-bond acceptors (Lipinski definition) is 6.